The molecule has 0 spiro atoms. The van der Waals surface area contributed by atoms with Crippen molar-refractivity contribution in [3.63, 3.8) is 0 Å². The maximum Gasteiger partial charge on any atom is 0.222 e. The van der Waals surface area contributed by atoms with Crippen LogP contribution in [0.5, 0.6) is 0 Å². The van der Waals surface area contributed by atoms with Gasteiger partial charge in [0.25, 0.3) is 0 Å². The van der Waals surface area contributed by atoms with Gasteiger partial charge in [0, 0.05) is 32.5 Å². The molecule has 0 saturated carbocycles. The molecule has 4 nitrogen and oxygen atoms in total. The molecule has 0 aliphatic carbocycles. The van der Waals surface area contributed by atoms with Gasteiger partial charge in [-0.15, -0.1) is 0 Å². The van der Waals surface area contributed by atoms with Gasteiger partial charge in [0.1, 0.15) is 0 Å². The van der Waals surface area contributed by atoms with E-state index in [-0.39, 0.29) is 5.91 Å². The molecule has 0 fully saturated rings. The highest BCUT2D eigenvalue weighted by Gasteiger charge is 1.99. The van der Waals surface area contributed by atoms with Gasteiger partial charge < -0.3 is 15.0 Å². The van der Waals surface area contributed by atoms with Gasteiger partial charge in [-0.1, -0.05) is 0 Å². The summed E-state index contributed by atoms with van der Waals surface area (Å²) < 4.78 is 4.78. The molecule has 1 rings (SSSR count). The fourth-order valence-corrected chi connectivity index (χ4v) is 0.952. The molecule has 0 radical (unpaired) electrons. The second-order valence-electron chi connectivity index (χ2n) is 2.74. The lowest BCUT2D eigenvalue weighted by molar-refractivity contribution is -0.122. The standard InChI is InChI=1S/C9H14N2O2/c1-13-5-3-9(12)11-7-8-2-4-10-6-8/h2,4,6,10H,3,5,7H2,1H3,(H,11,12). The fourth-order valence-electron chi connectivity index (χ4n) is 0.952. The predicted octanol–water partition coefficient (Wildman–Crippen LogP) is 0.667. The summed E-state index contributed by atoms with van der Waals surface area (Å²) in [6.07, 6.45) is 4.11. The molecule has 2 N–H and O–H groups in total. The number of aromatic nitrogens is 1. The Labute approximate surface area is 77.3 Å². The third-order valence-electron chi connectivity index (χ3n) is 1.69. The van der Waals surface area contributed by atoms with Crippen LogP contribution in [0.15, 0.2) is 18.5 Å². The third kappa shape index (κ3) is 3.75. The van der Waals surface area contributed by atoms with Crippen LogP contribution in [0.2, 0.25) is 0 Å². The summed E-state index contributed by atoms with van der Waals surface area (Å²) in [7, 11) is 1.58. The molecule has 1 amide bonds. The van der Waals surface area contributed by atoms with Crippen molar-refractivity contribution >= 4 is 5.91 Å². The Bertz CT molecular complexity index is 244. The predicted molar refractivity (Wildman–Crippen MR) is 49.1 cm³/mol. The summed E-state index contributed by atoms with van der Waals surface area (Å²) in [6.45, 7) is 1.05. The highest BCUT2D eigenvalue weighted by Crippen LogP contribution is 1.95. The molecule has 0 unspecified atom stereocenters. The van der Waals surface area contributed by atoms with Gasteiger partial charge in [-0.2, -0.15) is 0 Å². The van der Waals surface area contributed by atoms with Gasteiger partial charge in [0.15, 0.2) is 0 Å². The van der Waals surface area contributed by atoms with Crippen molar-refractivity contribution < 1.29 is 9.53 Å². The molecule has 1 heterocycles. The molecule has 0 aliphatic rings. The SMILES string of the molecule is COCCC(=O)NCc1cc[nH]c1. The Morgan fingerprint density at radius 1 is 1.69 bits per heavy atom. The molecule has 1 aromatic rings. The maximum absolute atomic E-state index is 11.1. The third-order valence-corrected chi connectivity index (χ3v) is 1.69. The first-order chi connectivity index (χ1) is 6.33. The topological polar surface area (TPSA) is 54.1 Å². The van der Waals surface area contributed by atoms with Crippen molar-refractivity contribution in [3.05, 3.63) is 24.0 Å². The van der Waals surface area contributed by atoms with Crippen LogP contribution in [0.25, 0.3) is 0 Å². The molecule has 0 saturated heterocycles. The van der Waals surface area contributed by atoms with Crippen LogP contribution in [-0.4, -0.2) is 24.6 Å². The van der Waals surface area contributed by atoms with Gasteiger partial charge >= 0.3 is 0 Å². The Balaban J connectivity index is 2.15. The molecule has 0 bridgehead atoms. The number of hydrogen-bond donors (Lipinski definition) is 2. The smallest absolute Gasteiger partial charge is 0.222 e. The van der Waals surface area contributed by atoms with E-state index in [1.54, 1.807) is 7.11 Å². The number of H-pyrrole nitrogens is 1. The number of hydrogen-bond acceptors (Lipinski definition) is 2. The quantitative estimate of drug-likeness (QED) is 0.703. The largest absolute Gasteiger partial charge is 0.384 e. The Morgan fingerprint density at radius 3 is 3.15 bits per heavy atom. The van der Waals surface area contributed by atoms with Gasteiger partial charge in [-0.25, -0.2) is 0 Å². The minimum absolute atomic E-state index is 0.0167. The molecule has 72 valence electrons. The molecular weight excluding hydrogens is 168 g/mol. The number of amides is 1. The summed E-state index contributed by atoms with van der Waals surface area (Å²) >= 11 is 0. The number of carbonyl (C=O) groups is 1. The highest BCUT2D eigenvalue weighted by molar-refractivity contribution is 5.75. The number of rotatable bonds is 5. The van der Waals surface area contributed by atoms with E-state index in [1.165, 1.54) is 0 Å². The average Bonchev–Trinajstić information content (AvgIpc) is 2.64. The van der Waals surface area contributed by atoms with Crippen LogP contribution in [-0.2, 0) is 16.1 Å². The summed E-state index contributed by atoms with van der Waals surface area (Å²) in [5.41, 5.74) is 1.07. The maximum atomic E-state index is 11.1. The normalized spacial score (nSPS) is 9.92. The molecule has 0 aliphatic heterocycles. The van der Waals surface area contributed by atoms with Crippen LogP contribution in [0.1, 0.15) is 12.0 Å². The zero-order valence-electron chi connectivity index (χ0n) is 7.67. The number of nitrogens with one attached hydrogen (secondary N) is 2. The summed E-state index contributed by atoms with van der Waals surface area (Å²) in [5.74, 6) is 0.0167. The minimum atomic E-state index is 0.0167. The van der Waals surface area contributed by atoms with Crippen LogP contribution in [0.3, 0.4) is 0 Å². The van der Waals surface area contributed by atoms with Gasteiger partial charge in [-0.05, 0) is 11.6 Å². The van der Waals surface area contributed by atoms with Crippen LogP contribution in [0, 0.1) is 0 Å². The van der Waals surface area contributed by atoms with Crippen molar-refractivity contribution in [2.75, 3.05) is 13.7 Å². The van der Waals surface area contributed by atoms with E-state index < -0.39 is 0 Å². The summed E-state index contributed by atoms with van der Waals surface area (Å²) in [5, 5.41) is 2.78. The minimum Gasteiger partial charge on any atom is -0.384 e. The second kappa shape index (κ2) is 5.37. The number of carbonyl (C=O) groups excluding carboxylic acids is 1. The lowest BCUT2D eigenvalue weighted by Gasteiger charge is -2.02. The Kier molecular flexibility index (Phi) is 4.05. The monoisotopic (exact) mass is 182 g/mol. The van der Waals surface area contributed by atoms with Gasteiger partial charge in [0.2, 0.25) is 5.91 Å². The van der Waals surface area contributed by atoms with E-state index in [0.29, 0.717) is 19.6 Å². The van der Waals surface area contributed by atoms with E-state index in [0.717, 1.165) is 5.56 Å². The van der Waals surface area contributed by atoms with E-state index in [9.17, 15) is 4.79 Å². The molecule has 4 heteroatoms. The number of methoxy groups -OCH3 is 1. The first-order valence-corrected chi connectivity index (χ1v) is 4.20. The van der Waals surface area contributed by atoms with E-state index >= 15 is 0 Å². The van der Waals surface area contributed by atoms with Crippen molar-refractivity contribution in [2.45, 2.75) is 13.0 Å². The lowest BCUT2D eigenvalue weighted by Crippen LogP contribution is -2.23. The van der Waals surface area contributed by atoms with Crippen molar-refractivity contribution in [3.8, 4) is 0 Å². The van der Waals surface area contributed by atoms with Crippen molar-refractivity contribution in [1.82, 2.24) is 10.3 Å². The van der Waals surface area contributed by atoms with Gasteiger partial charge in [0.05, 0.1) is 6.61 Å². The van der Waals surface area contributed by atoms with E-state index in [1.807, 2.05) is 18.5 Å². The first kappa shape index (κ1) is 9.80. The number of ether oxygens (including phenoxy) is 1. The molecule has 0 aromatic carbocycles. The highest BCUT2D eigenvalue weighted by atomic mass is 16.5. The zero-order valence-corrected chi connectivity index (χ0v) is 7.67. The molecular formula is C9H14N2O2. The first-order valence-electron chi connectivity index (χ1n) is 4.20. The number of aromatic amines is 1. The Hall–Kier alpha value is -1.29. The molecule has 13 heavy (non-hydrogen) atoms. The average molecular weight is 182 g/mol. The summed E-state index contributed by atoms with van der Waals surface area (Å²) in [6, 6.07) is 1.93. The van der Waals surface area contributed by atoms with E-state index in [4.69, 9.17) is 4.74 Å². The fraction of sp³-hybridized carbons (Fsp3) is 0.444. The van der Waals surface area contributed by atoms with Crippen LogP contribution < -0.4 is 5.32 Å². The van der Waals surface area contributed by atoms with Crippen LogP contribution >= 0.6 is 0 Å². The molecule has 1 aromatic heterocycles. The van der Waals surface area contributed by atoms with Crippen molar-refractivity contribution in [1.29, 1.82) is 0 Å². The zero-order chi connectivity index (χ0) is 9.52. The summed E-state index contributed by atoms with van der Waals surface area (Å²) in [4.78, 5) is 14.0. The lowest BCUT2D eigenvalue weighted by atomic mass is 10.3. The van der Waals surface area contributed by atoms with Gasteiger partial charge in [-0.3, -0.25) is 4.79 Å². The molecule has 0 atom stereocenters. The van der Waals surface area contributed by atoms with Crippen molar-refractivity contribution in [2.24, 2.45) is 0 Å². The Morgan fingerprint density at radius 2 is 2.54 bits per heavy atom. The van der Waals surface area contributed by atoms with Crippen LogP contribution in [0.4, 0.5) is 0 Å². The second-order valence-corrected chi connectivity index (χ2v) is 2.74. The van der Waals surface area contributed by atoms with E-state index in [2.05, 4.69) is 10.3 Å².